The third-order valence-electron chi connectivity index (χ3n) is 0.888. The van der Waals surface area contributed by atoms with Gasteiger partial charge < -0.3 is 15.7 Å². The van der Waals surface area contributed by atoms with E-state index >= 15 is 0 Å². The molecule has 0 aromatic heterocycles. The molecule has 1 amide bonds. The Labute approximate surface area is 54.3 Å². The van der Waals surface area contributed by atoms with Crippen LogP contribution < -0.4 is 5.73 Å². The summed E-state index contributed by atoms with van der Waals surface area (Å²) in [6.45, 7) is 2.15. The minimum Gasteiger partial charge on any atom is -0.465 e. The molecule has 0 aromatic rings. The van der Waals surface area contributed by atoms with Crippen molar-refractivity contribution in [2.24, 2.45) is 5.73 Å². The number of nitrogens with two attached hydrogens (primary N) is 1. The molecule has 0 rings (SSSR count). The Bertz CT molecular complexity index is 103. The van der Waals surface area contributed by atoms with Gasteiger partial charge in [-0.1, -0.05) is 0 Å². The van der Waals surface area contributed by atoms with E-state index < -0.39 is 6.09 Å². The number of hydrogen-bond acceptors (Lipinski definition) is 2. The minimum absolute atomic E-state index is 0.0916. The average Bonchev–Trinajstić information content (AvgIpc) is 1.63. The highest BCUT2D eigenvalue weighted by atomic mass is 16.4. The van der Waals surface area contributed by atoms with Crippen LogP contribution in [0.25, 0.3) is 0 Å². The summed E-state index contributed by atoms with van der Waals surface area (Å²) in [4.78, 5) is 11.3. The lowest BCUT2D eigenvalue weighted by atomic mass is 10.3. The van der Waals surface area contributed by atoms with Crippen LogP contribution in [0.4, 0.5) is 4.79 Å². The number of nitrogens with zero attached hydrogens (tertiary/aromatic N) is 1. The maximum Gasteiger partial charge on any atom is 0.407 e. The number of likely N-dealkylation sites (N-methyl/N-ethyl adjacent to an activating group) is 1. The zero-order valence-electron chi connectivity index (χ0n) is 5.66. The zero-order valence-corrected chi connectivity index (χ0v) is 5.66. The van der Waals surface area contributed by atoms with Crippen molar-refractivity contribution < 1.29 is 9.90 Å². The van der Waals surface area contributed by atoms with E-state index in [2.05, 4.69) is 0 Å². The van der Waals surface area contributed by atoms with Gasteiger partial charge in [0, 0.05) is 19.6 Å². The van der Waals surface area contributed by atoms with E-state index in [9.17, 15) is 4.79 Å². The molecule has 0 heterocycles. The van der Waals surface area contributed by atoms with E-state index in [1.165, 1.54) is 7.05 Å². The molecule has 4 nitrogen and oxygen atoms in total. The lowest BCUT2D eigenvalue weighted by Gasteiger charge is -2.14. The molecule has 4 heteroatoms. The molecule has 0 aliphatic carbocycles. The molecule has 0 fully saturated rings. The summed E-state index contributed by atoms with van der Waals surface area (Å²) in [6, 6.07) is -0.0916. The van der Waals surface area contributed by atoms with Crippen LogP contribution in [0, 0.1) is 0 Å². The highest BCUT2D eigenvalue weighted by Crippen LogP contribution is 1.84. The van der Waals surface area contributed by atoms with E-state index in [1.807, 2.05) is 0 Å². The van der Waals surface area contributed by atoms with E-state index in [4.69, 9.17) is 10.8 Å². The van der Waals surface area contributed by atoms with Crippen molar-refractivity contribution >= 4 is 6.09 Å². The molecule has 9 heavy (non-hydrogen) atoms. The van der Waals surface area contributed by atoms with Crippen LogP contribution in [0.15, 0.2) is 0 Å². The van der Waals surface area contributed by atoms with Gasteiger partial charge in [0.2, 0.25) is 0 Å². The normalized spacial score (nSPS) is 12.8. The fraction of sp³-hybridized carbons (Fsp3) is 0.800. The van der Waals surface area contributed by atoms with Gasteiger partial charge in [0.1, 0.15) is 0 Å². The molecule has 0 unspecified atom stereocenters. The molecular weight excluding hydrogens is 120 g/mol. The molecular formula is C5H12N2O2. The highest BCUT2D eigenvalue weighted by Gasteiger charge is 2.05. The smallest absolute Gasteiger partial charge is 0.407 e. The van der Waals surface area contributed by atoms with Gasteiger partial charge in [-0.2, -0.15) is 0 Å². The van der Waals surface area contributed by atoms with Crippen molar-refractivity contribution in [3.63, 3.8) is 0 Å². The summed E-state index contributed by atoms with van der Waals surface area (Å²) in [6.07, 6.45) is -0.938. The van der Waals surface area contributed by atoms with Crippen LogP contribution in [0.5, 0.6) is 0 Å². The lowest BCUT2D eigenvalue weighted by molar-refractivity contribution is 0.154. The maximum absolute atomic E-state index is 10.1. The van der Waals surface area contributed by atoms with Gasteiger partial charge in [0.25, 0.3) is 0 Å². The van der Waals surface area contributed by atoms with Gasteiger partial charge in [-0.3, -0.25) is 0 Å². The van der Waals surface area contributed by atoms with Crippen LogP contribution in [0.1, 0.15) is 6.92 Å². The van der Waals surface area contributed by atoms with Crippen molar-refractivity contribution in [1.82, 2.24) is 4.90 Å². The number of rotatable bonds is 2. The standard InChI is InChI=1S/C5H12N2O2/c1-4(6)3-7(2)5(8)9/h4H,3,6H2,1-2H3,(H,8,9)/t4-/m0/s1. The third-order valence-corrected chi connectivity index (χ3v) is 0.888. The van der Waals surface area contributed by atoms with E-state index in [0.717, 1.165) is 4.90 Å². The first-order valence-corrected chi connectivity index (χ1v) is 2.73. The monoisotopic (exact) mass is 132 g/mol. The second-order valence-corrected chi connectivity index (χ2v) is 2.14. The Morgan fingerprint density at radius 2 is 2.33 bits per heavy atom. The molecule has 0 aromatic carbocycles. The van der Waals surface area contributed by atoms with Crippen LogP contribution in [0.3, 0.4) is 0 Å². The first-order valence-electron chi connectivity index (χ1n) is 2.73. The summed E-state index contributed by atoms with van der Waals surface area (Å²) in [5, 5.41) is 8.30. The SMILES string of the molecule is C[C@H](N)CN(C)C(=O)O. The van der Waals surface area contributed by atoms with Gasteiger partial charge in [0.15, 0.2) is 0 Å². The molecule has 0 aliphatic heterocycles. The molecule has 0 bridgehead atoms. The number of carboxylic acid groups (broad SMARTS) is 1. The molecule has 0 aliphatic rings. The topological polar surface area (TPSA) is 66.6 Å². The Hall–Kier alpha value is -0.770. The molecule has 0 saturated carbocycles. The summed E-state index contributed by atoms with van der Waals surface area (Å²) in [7, 11) is 1.49. The Balaban J connectivity index is 3.50. The Kier molecular flexibility index (Phi) is 3.01. The third kappa shape index (κ3) is 3.78. The van der Waals surface area contributed by atoms with Crippen molar-refractivity contribution in [2.45, 2.75) is 13.0 Å². The minimum atomic E-state index is -0.938. The van der Waals surface area contributed by atoms with E-state index in [1.54, 1.807) is 6.92 Å². The fourth-order valence-electron chi connectivity index (χ4n) is 0.510. The predicted octanol–water partition coefficient (Wildman–Crippen LogP) is -0.0566. The van der Waals surface area contributed by atoms with Crippen LogP contribution in [-0.2, 0) is 0 Å². The van der Waals surface area contributed by atoms with Crippen molar-refractivity contribution in [3.05, 3.63) is 0 Å². The van der Waals surface area contributed by atoms with Crippen LogP contribution in [0.2, 0.25) is 0 Å². The number of hydrogen-bond donors (Lipinski definition) is 2. The molecule has 0 spiro atoms. The zero-order chi connectivity index (χ0) is 7.44. The van der Waals surface area contributed by atoms with Crippen LogP contribution >= 0.6 is 0 Å². The van der Waals surface area contributed by atoms with E-state index in [0.29, 0.717) is 6.54 Å². The molecule has 3 N–H and O–H groups in total. The molecule has 54 valence electrons. The van der Waals surface area contributed by atoms with Gasteiger partial charge in [0.05, 0.1) is 0 Å². The first-order chi connectivity index (χ1) is 4.04. The Morgan fingerprint density at radius 1 is 1.89 bits per heavy atom. The summed E-state index contributed by atoms with van der Waals surface area (Å²) < 4.78 is 0. The first kappa shape index (κ1) is 8.23. The van der Waals surface area contributed by atoms with Gasteiger partial charge in [-0.05, 0) is 6.92 Å². The second-order valence-electron chi connectivity index (χ2n) is 2.14. The quantitative estimate of drug-likeness (QED) is 0.553. The molecule has 1 atom stereocenters. The summed E-state index contributed by atoms with van der Waals surface area (Å²) >= 11 is 0. The van der Waals surface area contributed by atoms with Crippen molar-refractivity contribution in [2.75, 3.05) is 13.6 Å². The molecule has 0 saturated heterocycles. The van der Waals surface area contributed by atoms with Gasteiger partial charge in [-0.15, -0.1) is 0 Å². The lowest BCUT2D eigenvalue weighted by Crippen LogP contribution is -2.35. The average molecular weight is 132 g/mol. The van der Waals surface area contributed by atoms with Gasteiger partial charge >= 0.3 is 6.09 Å². The van der Waals surface area contributed by atoms with Gasteiger partial charge in [-0.25, -0.2) is 4.79 Å². The predicted molar refractivity (Wildman–Crippen MR) is 34.3 cm³/mol. The van der Waals surface area contributed by atoms with Crippen LogP contribution in [-0.4, -0.2) is 35.7 Å². The summed E-state index contributed by atoms with van der Waals surface area (Å²) in [5.74, 6) is 0. The van der Waals surface area contributed by atoms with E-state index in [-0.39, 0.29) is 6.04 Å². The highest BCUT2D eigenvalue weighted by molar-refractivity contribution is 5.64. The van der Waals surface area contributed by atoms with Crippen molar-refractivity contribution in [3.8, 4) is 0 Å². The second kappa shape index (κ2) is 3.29. The maximum atomic E-state index is 10.1. The fourth-order valence-corrected chi connectivity index (χ4v) is 0.510. The van der Waals surface area contributed by atoms with Crippen molar-refractivity contribution in [1.29, 1.82) is 0 Å². The largest absolute Gasteiger partial charge is 0.465 e. The number of amides is 1. The molecule has 0 radical (unpaired) electrons. The Morgan fingerprint density at radius 3 is 2.44 bits per heavy atom. The number of carbonyl (C=O) groups is 1. The summed E-state index contributed by atoms with van der Waals surface area (Å²) in [5.41, 5.74) is 5.33.